The zero-order valence-corrected chi connectivity index (χ0v) is 9.35. The Hall–Kier alpha value is -0.170. The van der Waals surface area contributed by atoms with Crippen LogP contribution >= 0.6 is 11.8 Å². The van der Waals surface area contributed by atoms with Gasteiger partial charge < -0.3 is 10.4 Å². The highest BCUT2D eigenvalue weighted by Crippen LogP contribution is 2.16. The van der Waals surface area contributed by atoms with E-state index in [1.54, 1.807) is 0 Å². The first-order chi connectivity index (χ1) is 6.84. The maximum atomic E-state index is 9.53. The van der Waals surface area contributed by atoms with Crippen molar-refractivity contribution in [1.29, 1.82) is 0 Å². The van der Waals surface area contributed by atoms with Crippen LogP contribution in [-0.4, -0.2) is 35.8 Å². The lowest BCUT2D eigenvalue weighted by Crippen LogP contribution is -2.19. The van der Waals surface area contributed by atoms with Gasteiger partial charge in [0.2, 0.25) is 0 Å². The molecule has 1 rings (SSSR count). The van der Waals surface area contributed by atoms with E-state index in [2.05, 4.69) is 11.2 Å². The summed E-state index contributed by atoms with van der Waals surface area (Å²) < 4.78 is 0. The highest BCUT2D eigenvalue weighted by atomic mass is 32.2. The molecule has 0 radical (unpaired) electrons. The molecule has 0 aromatic carbocycles. The Morgan fingerprint density at radius 3 is 2.93 bits per heavy atom. The van der Waals surface area contributed by atoms with E-state index in [0.717, 1.165) is 31.7 Å². The molecule has 2 atom stereocenters. The van der Waals surface area contributed by atoms with Crippen LogP contribution in [-0.2, 0) is 0 Å². The monoisotopic (exact) mass is 213 g/mol. The zero-order valence-electron chi connectivity index (χ0n) is 8.54. The molecule has 3 heteroatoms. The Bertz CT molecular complexity index is 190. The molecule has 14 heavy (non-hydrogen) atoms. The third-order valence-corrected chi connectivity index (χ3v) is 3.74. The van der Waals surface area contributed by atoms with Crippen LogP contribution in [0.1, 0.15) is 19.3 Å². The fourth-order valence-corrected chi connectivity index (χ4v) is 2.77. The van der Waals surface area contributed by atoms with Gasteiger partial charge in [-0.05, 0) is 24.3 Å². The first-order valence-electron chi connectivity index (χ1n) is 5.24. The number of rotatable bonds is 6. The van der Waals surface area contributed by atoms with Crippen LogP contribution in [0.3, 0.4) is 0 Å². The molecule has 1 aliphatic heterocycles. The lowest BCUT2D eigenvalue weighted by atomic mass is 10.1. The van der Waals surface area contributed by atoms with Gasteiger partial charge in [-0.15, -0.1) is 12.3 Å². The van der Waals surface area contributed by atoms with Gasteiger partial charge in [-0.25, -0.2) is 0 Å². The topological polar surface area (TPSA) is 32.3 Å². The smallest absolute Gasteiger partial charge is 0.0712 e. The van der Waals surface area contributed by atoms with E-state index >= 15 is 0 Å². The summed E-state index contributed by atoms with van der Waals surface area (Å²) in [5.74, 6) is 5.34. The van der Waals surface area contributed by atoms with Crippen molar-refractivity contribution in [3.05, 3.63) is 0 Å². The number of aliphatic hydroxyl groups is 1. The van der Waals surface area contributed by atoms with Gasteiger partial charge >= 0.3 is 0 Å². The second-order valence-electron chi connectivity index (χ2n) is 3.72. The zero-order chi connectivity index (χ0) is 10.2. The third kappa shape index (κ3) is 4.36. The molecule has 1 heterocycles. The van der Waals surface area contributed by atoms with Gasteiger partial charge in [-0.3, -0.25) is 0 Å². The predicted octanol–water partition coefficient (Wildman–Crippen LogP) is 1.10. The Morgan fingerprint density at radius 2 is 2.29 bits per heavy atom. The molecule has 0 amide bonds. The first-order valence-corrected chi connectivity index (χ1v) is 6.40. The van der Waals surface area contributed by atoms with Crippen molar-refractivity contribution < 1.29 is 5.11 Å². The molecule has 0 aromatic rings. The lowest BCUT2D eigenvalue weighted by molar-refractivity contribution is 0.158. The summed E-state index contributed by atoms with van der Waals surface area (Å²) in [6.07, 6.45) is 8.26. The predicted molar refractivity (Wildman–Crippen MR) is 62.4 cm³/mol. The molecule has 80 valence electrons. The molecule has 0 aromatic heterocycles. The van der Waals surface area contributed by atoms with E-state index in [0.29, 0.717) is 5.92 Å². The van der Waals surface area contributed by atoms with Crippen molar-refractivity contribution in [2.75, 3.05) is 24.6 Å². The SMILES string of the molecule is C#CCCCCSCC1CNCC1O. The summed E-state index contributed by atoms with van der Waals surface area (Å²) in [5, 5.41) is 12.7. The molecule has 0 saturated carbocycles. The van der Waals surface area contributed by atoms with Crippen molar-refractivity contribution in [3.8, 4) is 12.3 Å². The lowest BCUT2D eigenvalue weighted by Gasteiger charge is -2.11. The maximum absolute atomic E-state index is 9.53. The standard InChI is InChI=1S/C11H19NOS/c1-2-3-4-5-6-14-9-10-7-12-8-11(10)13/h1,10-13H,3-9H2. The van der Waals surface area contributed by atoms with E-state index in [4.69, 9.17) is 6.42 Å². The molecule has 2 nitrogen and oxygen atoms in total. The fraction of sp³-hybridized carbons (Fsp3) is 0.818. The molecule has 1 aliphatic rings. The van der Waals surface area contributed by atoms with Crippen molar-refractivity contribution >= 4 is 11.8 Å². The van der Waals surface area contributed by atoms with E-state index in [1.807, 2.05) is 11.8 Å². The second-order valence-corrected chi connectivity index (χ2v) is 4.87. The third-order valence-electron chi connectivity index (χ3n) is 2.50. The normalized spacial score (nSPS) is 26.3. The minimum absolute atomic E-state index is 0.131. The summed E-state index contributed by atoms with van der Waals surface area (Å²) in [5.41, 5.74) is 0. The summed E-state index contributed by atoms with van der Waals surface area (Å²) in [6.45, 7) is 1.74. The number of hydrogen-bond donors (Lipinski definition) is 2. The average molecular weight is 213 g/mol. The Kier molecular flexibility index (Phi) is 6.09. The average Bonchev–Trinajstić information content (AvgIpc) is 2.58. The molecule has 0 spiro atoms. The number of hydrogen-bond acceptors (Lipinski definition) is 3. The minimum atomic E-state index is -0.131. The van der Waals surface area contributed by atoms with Crippen molar-refractivity contribution in [2.45, 2.75) is 25.4 Å². The minimum Gasteiger partial charge on any atom is -0.391 e. The number of thioether (sulfide) groups is 1. The largest absolute Gasteiger partial charge is 0.391 e. The first kappa shape index (κ1) is 11.9. The van der Waals surface area contributed by atoms with E-state index in [9.17, 15) is 5.11 Å². The van der Waals surface area contributed by atoms with Gasteiger partial charge in [0.15, 0.2) is 0 Å². The van der Waals surface area contributed by atoms with Gasteiger partial charge in [0.25, 0.3) is 0 Å². The van der Waals surface area contributed by atoms with Crippen LogP contribution in [0.4, 0.5) is 0 Å². The van der Waals surface area contributed by atoms with Gasteiger partial charge in [-0.1, -0.05) is 0 Å². The number of β-amino-alcohol motifs (C(OH)–C–C–N with tert-alkyl or cyclic N) is 1. The van der Waals surface area contributed by atoms with Crippen molar-refractivity contribution in [1.82, 2.24) is 5.32 Å². The molecule has 0 bridgehead atoms. The number of unbranched alkanes of at least 4 members (excludes halogenated alkanes) is 2. The summed E-state index contributed by atoms with van der Waals surface area (Å²) >= 11 is 1.94. The molecule has 2 unspecified atom stereocenters. The van der Waals surface area contributed by atoms with E-state index in [-0.39, 0.29) is 6.10 Å². The molecular formula is C11H19NOS. The van der Waals surface area contributed by atoms with E-state index < -0.39 is 0 Å². The van der Waals surface area contributed by atoms with Crippen LogP contribution in [0.2, 0.25) is 0 Å². The van der Waals surface area contributed by atoms with Gasteiger partial charge in [0.1, 0.15) is 0 Å². The quantitative estimate of drug-likeness (QED) is 0.512. The highest BCUT2D eigenvalue weighted by molar-refractivity contribution is 7.99. The fourth-order valence-electron chi connectivity index (χ4n) is 1.56. The molecule has 1 fully saturated rings. The van der Waals surface area contributed by atoms with Crippen LogP contribution < -0.4 is 5.32 Å². The van der Waals surface area contributed by atoms with Gasteiger partial charge in [0, 0.05) is 25.4 Å². The van der Waals surface area contributed by atoms with Crippen molar-refractivity contribution in [3.63, 3.8) is 0 Å². The van der Waals surface area contributed by atoms with Crippen LogP contribution in [0.5, 0.6) is 0 Å². The second kappa shape index (κ2) is 7.17. The number of nitrogens with one attached hydrogen (secondary N) is 1. The number of terminal acetylenes is 1. The van der Waals surface area contributed by atoms with Crippen molar-refractivity contribution in [2.24, 2.45) is 5.92 Å². The molecule has 2 N–H and O–H groups in total. The molecule has 1 saturated heterocycles. The summed E-state index contributed by atoms with van der Waals surface area (Å²) in [6, 6.07) is 0. The number of aliphatic hydroxyl groups excluding tert-OH is 1. The Morgan fingerprint density at radius 1 is 1.43 bits per heavy atom. The Labute approximate surface area is 90.8 Å². The molecular weight excluding hydrogens is 194 g/mol. The molecule has 0 aliphatic carbocycles. The van der Waals surface area contributed by atoms with Crippen LogP contribution in [0.25, 0.3) is 0 Å². The van der Waals surface area contributed by atoms with Crippen LogP contribution in [0, 0.1) is 18.3 Å². The van der Waals surface area contributed by atoms with Gasteiger partial charge in [-0.2, -0.15) is 11.8 Å². The summed E-state index contributed by atoms with van der Waals surface area (Å²) in [4.78, 5) is 0. The summed E-state index contributed by atoms with van der Waals surface area (Å²) in [7, 11) is 0. The van der Waals surface area contributed by atoms with E-state index in [1.165, 1.54) is 12.2 Å². The van der Waals surface area contributed by atoms with Gasteiger partial charge in [0.05, 0.1) is 6.10 Å². The maximum Gasteiger partial charge on any atom is 0.0712 e. The highest BCUT2D eigenvalue weighted by Gasteiger charge is 2.24. The van der Waals surface area contributed by atoms with Crippen LogP contribution in [0.15, 0.2) is 0 Å². The Balaban J connectivity index is 1.91.